The average Bonchev–Trinajstić information content (AvgIpc) is 3.31. The summed E-state index contributed by atoms with van der Waals surface area (Å²) in [5.41, 5.74) is 0.872. The van der Waals surface area contributed by atoms with Crippen molar-refractivity contribution >= 4 is 32.2 Å². The van der Waals surface area contributed by atoms with Crippen LogP contribution in [0.4, 0.5) is 0 Å². The number of benzene rings is 3. The molecule has 140 valence electrons. The lowest BCUT2D eigenvalue weighted by Gasteiger charge is -2.45. The zero-order valence-corrected chi connectivity index (χ0v) is 16.8. The van der Waals surface area contributed by atoms with Crippen LogP contribution in [0.1, 0.15) is 13.8 Å². The van der Waals surface area contributed by atoms with Gasteiger partial charge < -0.3 is 8.83 Å². The molecule has 2 nitrogen and oxygen atoms in total. The molecular formula is C25H22O2S. The molecule has 0 fully saturated rings. The summed E-state index contributed by atoms with van der Waals surface area (Å²) in [4.78, 5) is 4.10. The zero-order chi connectivity index (χ0) is 19.1. The number of furan rings is 2. The van der Waals surface area contributed by atoms with Gasteiger partial charge in [0.15, 0.2) is 0 Å². The smallest absolute Gasteiger partial charge is 0.298 e. The second-order valence-corrected chi connectivity index (χ2v) is 10.9. The Bertz CT molecular complexity index is 1190. The molecule has 0 unspecified atom stereocenters. The molecule has 0 bridgehead atoms. The van der Waals surface area contributed by atoms with Crippen molar-refractivity contribution in [1.82, 2.24) is 0 Å². The molecule has 0 spiro atoms. The fourth-order valence-corrected chi connectivity index (χ4v) is 8.39. The molecule has 0 aliphatic rings. The van der Waals surface area contributed by atoms with Gasteiger partial charge >= 0.3 is 0 Å². The first-order valence-corrected chi connectivity index (χ1v) is 11.2. The van der Waals surface area contributed by atoms with Crippen molar-refractivity contribution in [3.8, 4) is 0 Å². The minimum absolute atomic E-state index is 0.432. The third-order valence-electron chi connectivity index (χ3n) is 5.38. The molecule has 0 N–H and O–H groups in total. The summed E-state index contributed by atoms with van der Waals surface area (Å²) >= 11 is 0. The molecule has 2 heterocycles. The van der Waals surface area contributed by atoms with Gasteiger partial charge in [-0.3, -0.25) is 0 Å². The average molecular weight is 387 g/mol. The summed E-state index contributed by atoms with van der Waals surface area (Å²) in [6.07, 6.45) is 1.69. The van der Waals surface area contributed by atoms with E-state index in [1.165, 1.54) is 14.7 Å². The van der Waals surface area contributed by atoms with Gasteiger partial charge in [-0.05, 0) is 68.5 Å². The predicted octanol–water partition coefficient (Wildman–Crippen LogP) is 7.87. The maximum absolute atomic E-state index is 5.87. The van der Waals surface area contributed by atoms with E-state index in [-0.39, 0.29) is 0 Å². The third kappa shape index (κ3) is 2.43. The molecule has 0 saturated carbocycles. The first-order chi connectivity index (χ1) is 13.7. The van der Waals surface area contributed by atoms with E-state index < -0.39 is 10.0 Å². The van der Waals surface area contributed by atoms with Crippen molar-refractivity contribution < 1.29 is 8.83 Å². The summed E-state index contributed by atoms with van der Waals surface area (Å²) in [6, 6.07) is 30.5. The van der Waals surface area contributed by atoms with Gasteiger partial charge in [0.2, 0.25) is 0 Å². The number of hydrogen-bond donors (Lipinski definition) is 0. The Morgan fingerprint density at radius 1 is 0.679 bits per heavy atom. The van der Waals surface area contributed by atoms with Gasteiger partial charge in [-0.2, -0.15) is 10.0 Å². The fraction of sp³-hybridized carbons (Fsp3) is 0.120. The molecule has 5 rings (SSSR count). The lowest BCUT2D eigenvalue weighted by Crippen LogP contribution is -2.14. The SMILES string of the molecule is CC(C)S(c1ccccc1)(c1ccccc1)c1ccc2oc3occc3c2c1. The second-order valence-electron chi connectivity index (χ2n) is 7.22. The van der Waals surface area contributed by atoms with Crippen molar-refractivity contribution in [2.24, 2.45) is 0 Å². The highest BCUT2D eigenvalue weighted by atomic mass is 32.3. The van der Waals surface area contributed by atoms with Crippen LogP contribution in [-0.4, -0.2) is 5.25 Å². The molecule has 0 amide bonds. The summed E-state index contributed by atoms with van der Waals surface area (Å²) in [7, 11) is -1.44. The Balaban J connectivity index is 1.87. The van der Waals surface area contributed by atoms with Gasteiger partial charge in [-0.1, -0.05) is 50.2 Å². The Kier molecular flexibility index (Phi) is 4.06. The fourth-order valence-electron chi connectivity index (χ4n) is 4.18. The van der Waals surface area contributed by atoms with Crippen LogP contribution in [-0.2, 0) is 0 Å². The predicted molar refractivity (Wildman–Crippen MR) is 116 cm³/mol. The van der Waals surface area contributed by atoms with E-state index in [1.807, 2.05) is 6.07 Å². The monoisotopic (exact) mass is 386 g/mol. The van der Waals surface area contributed by atoms with Crippen LogP contribution in [0.25, 0.3) is 22.1 Å². The largest absolute Gasteiger partial charge is 0.433 e. The molecule has 0 saturated heterocycles. The maximum Gasteiger partial charge on any atom is 0.298 e. The molecule has 0 aliphatic carbocycles. The van der Waals surface area contributed by atoms with Crippen molar-refractivity contribution in [2.45, 2.75) is 33.8 Å². The quantitative estimate of drug-likeness (QED) is 0.314. The number of hydrogen-bond acceptors (Lipinski definition) is 2. The van der Waals surface area contributed by atoms with Gasteiger partial charge in [-0.15, -0.1) is 0 Å². The van der Waals surface area contributed by atoms with Gasteiger partial charge in [0.25, 0.3) is 5.78 Å². The van der Waals surface area contributed by atoms with Crippen molar-refractivity contribution in [3.63, 3.8) is 0 Å². The lowest BCUT2D eigenvalue weighted by atomic mass is 10.2. The van der Waals surface area contributed by atoms with Crippen molar-refractivity contribution in [3.05, 3.63) is 91.2 Å². The molecule has 28 heavy (non-hydrogen) atoms. The molecule has 0 radical (unpaired) electrons. The summed E-state index contributed by atoms with van der Waals surface area (Å²) in [5, 5.41) is 2.59. The molecule has 3 aromatic carbocycles. The highest BCUT2D eigenvalue weighted by Gasteiger charge is 2.34. The highest BCUT2D eigenvalue weighted by molar-refractivity contribution is 8.34. The van der Waals surface area contributed by atoms with Crippen LogP contribution in [0, 0.1) is 0 Å². The Morgan fingerprint density at radius 2 is 1.32 bits per heavy atom. The molecule has 0 atom stereocenters. The van der Waals surface area contributed by atoms with Crippen LogP contribution >= 0.6 is 10.0 Å². The molecular weight excluding hydrogens is 364 g/mol. The standard InChI is InChI=1S/C25H22O2S/c1-18(2)28(19-9-5-3-6-10-19,20-11-7-4-8-12-20)21-13-14-24-23(17-21)22-15-16-26-25(22)27-24/h3-18H,1-2H3. The van der Waals surface area contributed by atoms with Crippen molar-refractivity contribution in [1.29, 1.82) is 0 Å². The van der Waals surface area contributed by atoms with Gasteiger partial charge in [0.05, 0.1) is 11.6 Å². The Hall–Kier alpha value is -2.91. The highest BCUT2D eigenvalue weighted by Crippen LogP contribution is 2.71. The lowest BCUT2D eigenvalue weighted by molar-refractivity contribution is 0.499. The minimum Gasteiger partial charge on any atom is -0.433 e. The summed E-state index contributed by atoms with van der Waals surface area (Å²) in [6.45, 7) is 4.67. The Labute approximate surface area is 166 Å². The van der Waals surface area contributed by atoms with Gasteiger partial charge in [0.1, 0.15) is 5.58 Å². The molecule has 5 aromatic rings. The summed E-state index contributed by atoms with van der Waals surface area (Å²) < 4.78 is 11.4. The van der Waals surface area contributed by atoms with Crippen LogP contribution in [0.5, 0.6) is 0 Å². The van der Waals surface area contributed by atoms with Crippen molar-refractivity contribution in [2.75, 3.05) is 0 Å². The van der Waals surface area contributed by atoms with E-state index in [1.54, 1.807) is 6.26 Å². The van der Waals surface area contributed by atoms with Crippen LogP contribution in [0.15, 0.2) is 115 Å². The van der Waals surface area contributed by atoms with Crippen LogP contribution < -0.4 is 0 Å². The molecule has 0 aliphatic heterocycles. The number of fused-ring (bicyclic) bond motifs is 3. The van der Waals surface area contributed by atoms with Crippen LogP contribution in [0.2, 0.25) is 0 Å². The minimum atomic E-state index is -1.44. The maximum atomic E-state index is 5.87. The topological polar surface area (TPSA) is 26.3 Å². The van der Waals surface area contributed by atoms with Gasteiger partial charge in [0, 0.05) is 5.39 Å². The third-order valence-corrected chi connectivity index (χ3v) is 9.83. The van der Waals surface area contributed by atoms with E-state index in [2.05, 4.69) is 92.7 Å². The van der Waals surface area contributed by atoms with Gasteiger partial charge in [-0.25, -0.2) is 0 Å². The normalized spacial score (nSPS) is 12.8. The van der Waals surface area contributed by atoms with E-state index in [0.29, 0.717) is 11.0 Å². The first-order valence-electron chi connectivity index (χ1n) is 9.53. The van der Waals surface area contributed by atoms with E-state index >= 15 is 0 Å². The summed E-state index contributed by atoms with van der Waals surface area (Å²) in [5.74, 6) is 0.594. The zero-order valence-electron chi connectivity index (χ0n) is 16.0. The second kappa shape index (κ2) is 6.61. The van der Waals surface area contributed by atoms with E-state index in [4.69, 9.17) is 8.83 Å². The molecule has 3 heteroatoms. The number of rotatable bonds is 4. The van der Waals surface area contributed by atoms with E-state index in [9.17, 15) is 0 Å². The van der Waals surface area contributed by atoms with Crippen LogP contribution in [0.3, 0.4) is 0 Å². The Morgan fingerprint density at radius 3 is 1.93 bits per heavy atom. The van der Waals surface area contributed by atoms with E-state index in [0.717, 1.165) is 16.4 Å². The molecule has 2 aromatic heterocycles. The first kappa shape index (κ1) is 17.2.